The molecular formula is C11H9N7. The largest absolute Gasteiger partial charge is 0.384 e. The third-order valence-corrected chi connectivity index (χ3v) is 2.40. The summed E-state index contributed by atoms with van der Waals surface area (Å²) in [6.45, 7) is 0. The first-order valence-electron chi connectivity index (χ1n) is 5.26. The maximum Gasteiger partial charge on any atom is 0.204 e. The Morgan fingerprint density at radius 2 is 1.89 bits per heavy atom. The maximum absolute atomic E-state index is 5.64. The van der Waals surface area contributed by atoms with Crippen molar-refractivity contribution in [3.05, 3.63) is 36.5 Å². The Morgan fingerprint density at radius 3 is 2.61 bits per heavy atom. The average molecular weight is 239 g/mol. The predicted molar refractivity (Wildman–Crippen MR) is 65.1 cm³/mol. The fourth-order valence-corrected chi connectivity index (χ4v) is 1.59. The molecule has 0 amide bonds. The van der Waals surface area contributed by atoms with Crippen molar-refractivity contribution < 1.29 is 0 Å². The summed E-state index contributed by atoms with van der Waals surface area (Å²) in [6.07, 6.45) is 1.62. The summed E-state index contributed by atoms with van der Waals surface area (Å²) in [5.74, 6) is 1.53. The van der Waals surface area contributed by atoms with Crippen molar-refractivity contribution in [2.24, 2.45) is 0 Å². The van der Waals surface area contributed by atoms with Crippen LogP contribution in [-0.2, 0) is 0 Å². The van der Waals surface area contributed by atoms with Gasteiger partial charge in [-0.3, -0.25) is 0 Å². The van der Waals surface area contributed by atoms with Crippen molar-refractivity contribution in [2.75, 3.05) is 5.73 Å². The monoisotopic (exact) mass is 239 g/mol. The minimum atomic E-state index is 0.435. The van der Waals surface area contributed by atoms with Gasteiger partial charge in [-0.25, -0.2) is 9.97 Å². The summed E-state index contributed by atoms with van der Waals surface area (Å²) in [4.78, 5) is 8.35. The lowest BCUT2D eigenvalue weighted by atomic mass is 10.1. The smallest absolute Gasteiger partial charge is 0.204 e. The summed E-state index contributed by atoms with van der Waals surface area (Å²) in [5.41, 5.74) is 7.33. The standard InChI is InChI=1S/C11H9N7/c12-9-4-5-13-10(14-9)7-2-1-3-8(6-7)11-15-17-18-16-11/h1-6H,(H2,12,13,14)(H,15,16,17,18). The van der Waals surface area contributed by atoms with E-state index >= 15 is 0 Å². The summed E-state index contributed by atoms with van der Waals surface area (Å²) in [7, 11) is 0. The van der Waals surface area contributed by atoms with Crippen molar-refractivity contribution >= 4 is 5.82 Å². The van der Waals surface area contributed by atoms with E-state index in [1.807, 2.05) is 24.3 Å². The van der Waals surface area contributed by atoms with Gasteiger partial charge in [-0.1, -0.05) is 18.2 Å². The molecule has 18 heavy (non-hydrogen) atoms. The fraction of sp³-hybridized carbons (Fsp3) is 0. The highest BCUT2D eigenvalue weighted by Gasteiger charge is 2.06. The molecule has 0 unspecified atom stereocenters. The second-order valence-corrected chi connectivity index (χ2v) is 3.62. The van der Waals surface area contributed by atoms with E-state index in [2.05, 4.69) is 30.6 Å². The Labute approximate surface area is 102 Å². The molecule has 0 bridgehead atoms. The molecule has 0 aliphatic carbocycles. The van der Waals surface area contributed by atoms with E-state index in [4.69, 9.17) is 5.73 Å². The van der Waals surface area contributed by atoms with Gasteiger partial charge >= 0.3 is 0 Å². The van der Waals surface area contributed by atoms with Gasteiger partial charge in [-0.2, -0.15) is 5.21 Å². The zero-order chi connectivity index (χ0) is 12.4. The van der Waals surface area contributed by atoms with Gasteiger partial charge in [-0.05, 0) is 17.3 Å². The highest BCUT2D eigenvalue weighted by atomic mass is 15.5. The molecule has 88 valence electrons. The van der Waals surface area contributed by atoms with Gasteiger partial charge in [0.05, 0.1) is 0 Å². The quantitative estimate of drug-likeness (QED) is 0.688. The van der Waals surface area contributed by atoms with Crippen LogP contribution in [0.15, 0.2) is 36.5 Å². The molecule has 1 aromatic carbocycles. The van der Waals surface area contributed by atoms with E-state index in [-0.39, 0.29) is 0 Å². The molecule has 0 saturated carbocycles. The molecule has 0 aliphatic heterocycles. The van der Waals surface area contributed by atoms with Crippen LogP contribution in [0.4, 0.5) is 5.82 Å². The van der Waals surface area contributed by atoms with Crippen LogP contribution in [-0.4, -0.2) is 30.6 Å². The molecule has 7 nitrogen and oxygen atoms in total. The molecule has 0 radical (unpaired) electrons. The van der Waals surface area contributed by atoms with Gasteiger partial charge in [0.25, 0.3) is 0 Å². The van der Waals surface area contributed by atoms with Crippen LogP contribution in [0.1, 0.15) is 0 Å². The highest BCUT2D eigenvalue weighted by Crippen LogP contribution is 2.21. The number of aromatic nitrogens is 6. The number of tetrazole rings is 1. The molecule has 0 fully saturated rings. The van der Waals surface area contributed by atoms with Crippen LogP contribution < -0.4 is 5.73 Å². The van der Waals surface area contributed by atoms with Crippen LogP contribution in [0.2, 0.25) is 0 Å². The third kappa shape index (κ3) is 1.88. The Balaban J connectivity index is 2.06. The lowest BCUT2D eigenvalue weighted by molar-refractivity contribution is 0.881. The summed E-state index contributed by atoms with van der Waals surface area (Å²) >= 11 is 0. The van der Waals surface area contributed by atoms with Gasteiger partial charge in [0.2, 0.25) is 5.82 Å². The molecule has 3 aromatic rings. The van der Waals surface area contributed by atoms with Gasteiger partial charge < -0.3 is 5.73 Å². The molecule has 0 atom stereocenters. The van der Waals surface area contributed by atoms with E-state index < -0.39 is 0 Å². The van der Waals surface area contributed by atoms with Crippen LogP contribution in [0.25, 0.3) is 22.8 Å². The number of nitrogens with zero attached hydrogens (tertiary/aromatic N) is 5. The number of H-pyrrole nitrogens is 1. The summed E-state index contributed by atoms with van der Waals surface area (Å²) in [5, 5.41) is 13.8. The van der Waals surface area contributed by atoms with Crippen LogP contribution in [0, 0.1) is 0 Å². The SMILES string of the molecule is Nc1ccnc(-c2cccc(-c3nn[nH]n3)c2)n1. The molecule has 2 aromatic heterocycles. The Kier molecular flexibility index (Phi) is 2.41. The lowest BCUT2D eigenvalue weighted by Gasteiger charge is -2.02. The van der Waals surface area contributed by atoms with Crippen LogP contribution in [0.5, 0.6) is 0 Å². The molecule has 3 N–H and O–H groups in total. The molecular weight excluding hydrogens is 230 g/mol. The topological polar surface area (TPSA) is 106 Å². The van der Waals surface area contributed by atoms with Gasteiger partial charge in [0.15, 0.2) is 5.82 Å². The molecule has 2 heterocycles. The minimum absolute atomic E-state index is 0.435. The highest BCUT2D eigenvalue weighted by molar-refractivity contribution is 5.65. The third-order valence-electron chi connectivity index (χ3n) is 2.40. The first kappa shape index (κ1) is 10.3. The number of nitrogen functional groups attached to an aromatic ring is 1. The van der Waals surface area contributed by atoms with Crippen LogP contribution >= 0.6 is 0 Å². The Morgan fingerprint density at radius 1 is 1.06 bits per heavy atom. The summed E-state index contributed by atoms with van der Waals surface area (Å²) in [6, 6.07) is 9.21. The van der Waals surface area contributed by atoms with E-state index in [1.54, 1.807) is 12.3 Å². The van der Waals surface area contributed by atoms with E-state index in [0.717, 1.165) is 11.1 Å². The van der Waals surface area contributed by atoms with Gasteiger partial charge in [0, 0.05) is 17.3 Å². The zero-order valence-corrected chi connectivity index (χ0v) is 9.28. The van der Waals surface area contributed by atoms with Crippen molar-refractivity contribution in [1.82, 2.24) is 30.6 Å². The average Bonchev–Trinajstić information content (AvgIpc) is 2.93. The first-order chi connectivity index (χ1) is 8.83. The number of hydrogen-bond donors (Lipinski definition) is 2. The van der Waals surface area contributed by atoms with E-state index in [1.165, 1.54) is 0 Å². The molecule has 0 aliphatic rings. The number of nitrogens with two attached hydrogens (primary N) is 1. The molecule has 3 rings (SSSR count). The zero-order valence-electron chi connectivity index (χ0n) is 9.28. The van der Waals surface area contributed by atoms with Gasteiger partial charge in [-0.15, -0.1) is 10.2 Å². The van der Waals surface area contributed by atoms with Crippen molar-refractivity contribution in [3.8, 4) is 22.8 Å². The van der Waals surface area contributed by atoms with Crippen molar-refractivity contribution in [2.45, 2.75) is 0 Å². The van der Waals surface area contributed by atoms with Crippen LogP contribution in [0.3, 0.4) is 0 Å². The van der Waals surface area contributed by atoms with Gasteiger partial charge in [0.1, 0.15) is 5.82 Å². The molecule has 0 spiro atoms. The second kappa shape index (κ2) is 4.21. The summed E-state index contributed by atoms with van der Waals surface area (Å²) < 4.78 is 0. The van der Waals surface area contributed by atoms with Crippen molar-refractivity contribution in [3.63, 3.8) is 0 Å². The number of aromatic amines is 1. The molecule has 7 heteroatoms. The number of nitrogens with one attached hydrogen (secondary N) is 1. The maximum atomic E-state index is 5.64. The number of benzene rings is 1. The first-order valence-corrected chi connectivity index (χ1v) is 5.26. The Bertz CT molecular complexity index is 663. The predicted octanol–water partition coefficient (Wildman–Crippen LogP) is 0.906. The minimum Gasteiger partial charge on any atom is -0.384 e. The number of anilines is 1. The fourth-order valence-electron chi connectivity index (χ4n) is 1.59. The second-order valence-electron chi connectivity index (χ2n) is 3.62. The number of rotatable bonds is 2. The van der Waals surface area contributed by atoms with E-state index in [9.17, 15) is 0 Å². The lowest BCUT2D eigenvalue weighted by Crippen LogP contribution is -1.94. The van der Waals surface area contributed by atoms with Crippen molar-refractivity contribution in [1.29, 1.82) is 0 Å². The number of hydrogen-bond acceptors (Lipinski definition) is 6. The molecule has 0 saturated heterocycles. The normalized spacial score (nSPS) is 10.4. The van der Waals surface area contributed by atoms with E-state index in [0.29, 0.717) is 17.5 Å². The Hall–Kier alpha value is -2.83.